The average molecular weight is 406 g/mol. The number of aliphatic hydroxyl groups is 1. The van der Waals surface area contributed by atoms with Crippen molar-refractivity contribution in [1.82, 2.24) is 0 Å². The van der Waals surface area contributed by atoms with Crippen molar-refractivity contribution < 1.29 is 25.3 Å². The van der Waals surface area contributed by atoms with Gasteiger partial charge < -0.3 is 0 Å². The zero-order chi connectivity index (χ0) is 13.5. The Kier molecular flexibility index (Phi) is 8.49. The first-order valence-electron chi connectivity index (χ1n) is 6.38. The average Bonchev–Trinajstić information content (AvgIpc) is 2.40. The van der Waals surface area contributed by atoms with Gasteiger partial charge in [0.15, 0.2) is 0 Å². The summed E-state index contributed by atoms with van der Waals surface area (Å²) in [4.78, 5) is 0. The summed E-state index contributed by atoms with van der Waals surface area (Å²) in [5.74, 6) is 0.333. The van der Waals surface area contributed by atoms with Gasteiger partial charge in [0.05, 0.1) is 0 Å². The Balaban J connectivity index is 0. The van der Waals surface area contributed by atoms with Crippen molar-refractivity contribution in [3.8, 4) is 0 Å². The first kappa shape index (κ1) is 22.2. The molecule has 0 heterocycles. The SMILES string of the molecule is CC1=C(C)C(C)[C]([Zr]([CH3])(=[O])(=[SiH2])[CH2]CCO)=C1C.Cl.Cl. The Hall–Kier alpha value is 0.920. The van der Waals surface area contributed by atoms with E-state index in [1.165, 1.54) is 20.0 Å². The van der Waals surface area contributed by atoms with Crippen LogP contribution in [0.2, 0.25) is 8.76 Å². The molecule has 1 aliphatic rings. The Morgan fingerprint density at radius 1 is 1.21 bits per heavy atom. The number of allylic oxidation sites excluding steroid dienone is 4. The first-order valence-corrected chi connectivity index (χ1v) is 18.7. The molecular weight excluding hydrogens is 378 g/mol. The number of rotatable bonds is 4. The van der Waals surface area contributed by atoms with E-state index in [0.717, 1.165) is 0 Å². The van der Waals surface area contributed by atoms with Gasteiger partial charge in [-0.05, 0) is 0 Å². The summed E-state index contributed by atoms with van der Waals surface area (Å²) in [6.45, 7) is 10.5. The van der Waals surface area contributed by atoms with E-state index >= 15 is 0 Å². The van der Waals surface area contributed by atoms with E-state index in [2.05, 4.69) is 27.7 Å². The summed E-state index contributed by atoms with van der Waals surface area (Å²) >= 11 is -3.98. The molecule has 0 radical (unpaired) electrons. The molecule has 1 unspecified atom stereocenters. The van der Waals surface area contributed by atoms with Crippen molar-refractivity contribution in [1.29, 1.82) is 0 Å². The number of hydrogen-bond acceptors (Lipinski definition) is 2. The van der Waals surface area contributed by atoms with E-state index in [9.17, 15) is 2.81 Å². The van der Waals surface area contributed by atoms with Gasteiger partial charge in [-0.15, -0.1) is 24.8 Å². The molecule has 2 nitrogen and oxygen atoms in total. The first-order chi connectivity index (χ1) is 7.60. The molecule has 0 saturated carbocycles. The summed E-state index contributed by atoms with van der Waals surface area (Å²) in [7, 11) is 0. The van der Waals surface area contributed by atoms with E-state index in [1.807, 2.05) is 4.63 Å². The maximum absolute atomic E-state index is 13.4. The van der Waals surface area contributed by atoms with Crippen LogP contribution in [-0.4, -0.2) is 18.6 Å². The third-order valence-corrected chi connectivity index (χ3v) is 18.5. The number of hydrogen-bond donors (Lipinski definition) is 1. The van der Waals surface area contributed by atoms with Crippen LogP contribution in [0, 0.1) is 5.92 Å². The van der Waals surface area contributed by atoms with Gasteiger partial charge in [0.2, 0.25) is 0 Å². The van der Waals surface area contributed by atoms with Gasteiger partial charge in [-0.25, -0.2) is 0 Å². The van der Waals surface area contributed by atoms with Gasteiger partial charge in [0.1, 0.15) is 0 Å². The van der Waals surface area contributed by atoms with Crippen molar-refractivity contribution in [3.63, 3.8) is 0 Å². The van der Waals surface area contributed by atoms with Gasteiger partial charge in [0.25, 0.3) is 0 Å². The van der Waals surface area contributed by atoms with E-state index < -0.39 is 17.4 Å². The molecule has 19 heavy (non-hydrogen) atoms. The molecule has 0 spiro atoms. The Labute approximate surface area is 131 Å². The van der Waals surface area contributed by atoms with Crippen molar-refractivity contribution >= 4 is 31.7 Å². The molecule has 1 atom stereocenters. The summed E-state index contributed by atoms with van der Waals surface area (Å²) in [5, 5.41) is 8.99. The molecule has 0 saturated heterocycles. The van der Waals surface area contributed by atoms with Crippen molar-refractivity contribution in [3.05, 3.63) is 20.0 Å². The molecule has 0 amide bonds. The Morgan fingerprint density at radius 2 is 1.68 bits per heavy atom. The van der Waals surface area contributed by atoms with Crippen LogP contribution in [0.25, 0.3) is 0 Å². The topological polar surface area (TPSA) is 37.3 Å². The van der Waals surface area contributed by atoms with Crippen molar-refractivity contribution in [2.45, 2.75) is 42.9 Å². The monoisotopic (exact) mass is 403 g/mol. The normalized spacial score (nSPS) is 20.3. The molecule has 113 valence electrons. The van der Waals surface area contributed by atoms with Gasteiger partial charge in [-0.2, -0.15) is 0 Å². The predicted molar refractivity (Wildman–Crippen MR) is 86.3 cm³/mol. The van der Waals surface area contributed by atoms with Crippen LogP contribution in [0.15, 0.2) is 20.0 Å². The van der Waals surface area contributed by atoms with Crippen LogP contribution in [0.5, 0.6) is 0 Å². The minimum atomic E-state index is -3.98. The molecular formula is C13H27Cl2O2SiZr. The zero-order valence-corrected chi connectivity index (χ0v) is 18.1. The standard InChI is InChI=1S/C9H13.C3H7O.CH3.2ClH.O.H2Si.Zr/c1-6-5-7(2)9(4)8(6)3;1-2-3-4;;;;;;/h6H,1-4H3;4H,1-3H2;1H3;2*1H;;1H2;. The van der Waals surface area contributed by atoms with Crippen LogP contribution in [0.1, 0.15) is 34.1 Å². The summed E-state index contributed by atoms with van der Waals surface area (Å²) in [6, 6.07) is 0. The van der Waals surface area contributed by atoms with Gasteiger partial charge in [-0.1, -0.05) is 0 Å². The molecule has 0 aromatic rings. The van der Waals surface area contributed by atoms with Crippen LogP contribution >= 0.6 is 24.8 Å². The summed E-state index contributed by atoms with van der Waals surface area (Å²) < 4.78 is 17.3. The van der Waals surface area contributed by atoms with E-state index in [0.29, 0.717) is 16.5 Å². The molecule has 0 bridgehead atoms. The number of aliphatic hydroxyl groups excluding tert-OH is 1. The molecule has 6 heteroatoms. The van der Waals surface area contributed by atoms with Crippen LogP contribution in [0.3, 0.4) is 0 Å². The largest absolute Gasteiger partial charge is 0.147 e. The molecule has 0 aromatic carbocycles. The molecule has 1 N–H and O–H groups in total. The summed E-state index contributed by atoms with van der Waals surface area (Å²) in [5.41, 5.74) is 3.94. The number of halogens is 2. The van der Waals surface area contributed by atoms with E-state index in [1.54, 1.807) is 6.88 Å². The molecule has 1 rings (SSSR count). The van der Waals surface area contributed by atoms with Gasteiger partial charge >= 0.3 is 108 Å². The maximum atomic E-state index is 13.4. The second kappa shape index (κ2) is 7.26. The third-order valence-electron chi connectivity index (χ3n) is 4.39. The third kappa shape index (κ3) is 4.44. The van der Waals surface area contributed by atoms with Crippen LogP contribution in [-0.2, 0) is 20.2 Å². The smallest absolute Gasteiger partial charge is 0.147 e. The van der Waals surface area contributed by atoms with Crippen molar-refractivity contribution in [2.24, 2.45) is 5.92 Å². The Bertz CT molecular complexity index is 529. The molecule has 0 aliphatic heterocycles. The van der Waals surface area contributed by atoms with Crippen LogP contribution < -0.4 is 0 Å². The Morgan fingerprint density at radius 3 is 2.00 bits per heavy atom. The molecule has 1 aliphatic carbocycles. The van der Waals surface area contributed by atoms with Crippen LogP contribution in [0.4, 0.5) is 0 Å². The molecule has 0 fully saturated rings. The van der Waals surface area contributed by atoms with Gasteiger partial charge in [0, 0.05) is 0 Å². The second-order valence-electron chi connectivity index (χ2n) is 6.05. The van der Waals surface area contributed by atoms with E-state index in [-0.39, 0.29) is 31.4 Å². The second-order valence-corrected chi connectivity index (χ2v) is 30.1. The van der Waals surface area contributed by atoms with E-state index in [4.69, 9.17) is 5.11 Å². The minimum absolute atomic E-state index is 0. The minimum Gasteiger partial charge on any atom is -0.147 e. The zero-order valence-electron chi connectivity index (χ0n) is 12.6. The fourth-order valence-corrected chi connectivity index (χ4v) is 18.0. The van der Waals surface area contributed by atoms with Crippen molar-refractivity contribution in [2.75, 3.05) is 6.61 Å². The fraction of sp³-hybridized carbons (Fsp3) is 0.692. The fourth-order valence-electron chi connectivity index (χ4n) is 3.18. The predicted octanol–water partition coefficient (Wildman–Crippen LogP) is 3.52. The maximum Gasteiger partial charge on any atom is -0.147 e. The molecule has 0 aromatic heterocycles. The summed E-state index contributed by atoms with van der Waals surface area (Å²) in [6.07, 6.45) is 0.663. The van der Waals surface area contributed by atoms with Gasteiger partial charge in [-0.3, -0.25) is 0 Å². The quantitative estimate of drug-likeness (QED) is 0.727.